The fraction of sp³-hybridized carbons (Fsp3) is 0.700. The van der Waals surface area contributed by atoms with Crippen LogP contribution in [0.2, 0.25) is 0 Å². The summed E-state index contributed by atoms with van der Waals surface area (Å²) >= 11 is 0. The maximum atomic E-state index is 14.2. The number of hydrogen-bond donors (Lipinski definition) is 2. The maximum Gasteiger partial charge on any atom is 0.408 e. The molecule has 1 aliphatic carbocycles. The summed E-state index contributed by atoms with van der Waals surface area (Å²) in [5.74, 6) is -0.644. The summed E-state index contributed by atoms with van der Waals surface area (Å²) in [6, 6.07) is 4.22. The van der Waals surface area contributed by atoms with Gasteiger partial charge in [-0.2, -0.15) is 0 Å². The molecule has 0 saturated heterocycles. The normalized spacial score (nSPS) is 17.0. The summed E-state index contributed by atoms with van der Waals surface area (Å²) < 4.78 is 5.46. The van der Waals surface area contributed by atoms with E-state index in [9.17, 15) is 14.4 Å². The number of alkyl carbamates (subject to hydrolysis) is 1. The molecule has 3 amide bonds. The molecule has 37 heavy (non-hydrogen) atoms. The Kier molecular flexibility index (Phi) is 11.0. The van der Waals surface area contributed by atoms with Crippen molar-refractivity contribution < 1.29 is 19.1 Å². The van der Waals surface area contributed by atoms with Crippen LogP contribution in [0.25, 0.3) is 0 Å². The van der Waals surface area contributed by atoms with E-state index in [2.05, 4.69) is 10.6 Å². The number of ether oxygens (including phenoxy) is 1. The fourth-order valence-corrected chi connectivity index (χ4v) is 4.80. The maximum absolute atomic E-state index is 14.2. The number of nitrogens with one attached hydrogen (secondary N) is 2. The first-order valence-electron chi connectivity index (χ1n) is 13.9. The Morgan fingerprint density at radius 3 is 2.16 bits per heavy atom. The third kappa shape index (κ3) is 8.75. The average Bonchev–Trinajstić information content (AvgIpc) is 2.81. The van der Waals surface area contributed by atoms with Crippen molar-refractivity contribution in [2.24, 2.45) is 5.92 Å². The van der Waals surface area contributed by atoms with Gasteiger partial charge in [-0.15, -0.1) is 0 Å². The number of hydrogen-bond acceptors (Lipinski definition) is 4. The summed E-state index contributed by atoms with van der Waals surface area (Å²) in [4.78, 5) is 42.5. The van der Waals surface area contributed by atoms with Gasteiger partial charge in [-0.05, 0) is 83.4 Å². The summed E-state index contributed by atoms with van der Waals surface area (Å²) in [6.45, 7) is 17.2. The highest BCUT2D eigenvalue weighted by Crippen LogP contribution is 2.29. The highest BCUT2D eigenvalue weighted by Gasteiger charge is 2.40. The molecule has 0 heterocycles. The minimum absolute atomic E-state index is 0.116. The molecule has 7 nitrogen and oxygen atoms in total. The van der Waals surface area contributed by atoms with Crippen LogP contribution in [-0.4, -0.2) is 46.5 Å². The lowest BCUT2D eigenvalue weighted by Crippen LogP contribution is -2.57. The lowest BCUT2D eigenvalue weighted by Gasteiger charge is -2.40. The van der Waals surface area contributed by atoms with Crippen molar-refractivity contribution in [1.29, 1.82) is 0 Å². The van der Waals surface area contributed by atoms with E-state index in [1.165, 1.54) is 6.42 Å². The van der Waals surface area contributed by atoms with Crippen LogP contribution in [0.5, 0.6) is 0 Å². The molecule has 0 aromatic heterocycles. The van der Waals surface area contributed by atoms with Crippen LogP contribution in [0.15, 0.2) is 18.2 Å². The van der Waals surface area contributed by atoms with Gasteiger partial charge in [-0.3, -0.25) is 9.59 Å². The standard InChI is InChI=1S/C30H49N3O4/c1-10-22(6)33(28(35)25(19(2)3)32-29(36)37-30(7,8)9)26(23-17-16-20(4)21(5)18-23)27(34)31-24-14-12-11-13-15-24/h16-19,22,24-26H,10-15H2,1-9H3,(H,31,34)(H,32,36). The highest BCUT2D eigenvalue weighted by atomic mass is 16.6. The molecule has 2 rings (SSSR count). The average molecular weight is 516 g/mol. The summed E-state index contributed by atoms with van der Waals surface area (Å²) in [7, 11) is 0. The first-order chi connectivity index (χ1) is 17.2. The van der Waals surface area contributed by atoms with Crippen LogP contribution in [0.1, 0.15) is 110 Å². The van der Waals surface area contributed by atoms with Crippen molar-refractivity contribution >= 4 is 17.9 Å². The molecule has 3 atom stereocenters. The van der Waals surface area contributed by atoms with Gasteiger partial charge in [0.05, 0.1) is 0 Å². The van der Waals surface area contributed by atoms with Crippen LogP contribution in [0.3, 0.4) is 0 Å². The van der Waals surface area contributed by atoms with Crippen LogP contribution < -0.4 is 10.6 Å². The van der Waals surface area contributed by atoms with E-state index in [1.807, 2.05) is 59.7 Å². The smallest absolute Gasteiger partial charge is 0.408 e. The van der Waals surface area contributed by atoms with Crippen molar-refractivity contribution in [3.8, 4) is 0 Å². The number of nitrogens with zero attached hydrogens (tertiary/aromatic N) is 1. The second-order valence-corrected chi connectivity index (χ2v) is 12.0. The Labute approximate surface area is 224 Å². The zero-order chi connectivity index (χ0) is 27.9. The predicted molar refractivity (Wildman–Crippen MR) is 148 cm³/mol. The number of benzene rings is 1. The number of rotatable bonds is 9. The van der Waals surface area contributed by atoms with E-state index in [1.54, 1.807) is 25.7 Å². The van der Waals surface area contributed by atoms with E-state index in [0.717, 1.165) is 42.4 Å². The van der Waals surface area contributed by atoms with E-state index < -0.39 is 23.8 Å². The quantitative estimate of drug-likeness (QED) is 0.424. The molecule has 0 spiro atoms. The van der Waals surface area contributed by atoms with Crippen LogP contribution in [0.4, 0.5) is 4.79 Å². The summed E-state index contributed by atoms with van der Waals surface area (Å²) in [5, 5.41) is 6.06. The number of carbonyl (C=O) groups is 3. The minimum Gasteiger partial charge on any atom is -0.444 e. The number of amides is 3. The van der Waals surface area contributed by atoms with Crippen molar-refractivity contribution in [1.82, 2.24) is 15.5 Å². The Balaban J connectivity index is 2.51. The topological polar surface area (TPSA) is 87.7 Å². The second kappa shape index (κ2) is 13.3. The fourth-order valence-electron chi connectivity index (χ4n) is 4.80. The SMILES string of the molecule is CCC(C)N(C(=O)C(NC(=O)OC(C)(C)C)C(C)C)C(C(=O)NC1CCCCC1)c1ccc(C)c(C)c1. The molecular formula is C30H49N3O4. The van der Waals surface area contributed by atoms with Gasteiger partial charge in [-0.25, -0.2) is 4.79 Å². The molecule has 0 radical (unpaired) electrons. The van der Waals surface area contributed by atoms with E-state index in [0.29, 0.717) is 6.42 Å². The number of aryl methyl sites for hydroxylation is 2. The molecule has 1 aromatic carbocycles. The van der Waals surface area contributed by atoms with E-state index in [4.69, 9.17) is 4.74 Å². The third-order valence-corrected chi connectivity index (χ3v) is 7.25. The van der Waals surface area contributed by atoms with Crippen molar-refractivity contribution in [3.63, 3.8) is 0 Å². The molecule has 3 unspecified atom stereocenters. The molecule has 1 aliphatic rings. The second-order valence-electron chi connectivity index (χ2n) is 12.0. The van der Waals surface area contributed by atoms with Crippen LogP contribution >= 0.6 is 0 Å². The van der Waals surface area contributed by atoms with Gasteiger partial charge in [0.25, 0.3) is 0 Å². The molecule has 0 aliphatic heterocycles. The molecular weight excluding hydrogens is 466 g/mol. The third-order valence-electron chi connectivity index (χ3n) is 7.25. The minimum atomic E-state index is -0.833. The van der Waals surface area contributed by atoms with Gasteiger partial charge >= 0.3 is 6.09 Å². The van der Waals surface area contributed by atoms with Crippen LogP contribution in [-0.2, 0) is 14.3 Å². The lowest BCUT2D eigenvalue weighted by atomic mass is 9.93. The zero-order valence-electron chi connectivity index (χ0n) is 24.4. The Morgan fingerprint density at radius 1 is 1.03 bits per heavy atom. The number of carbonyl (C=O) groups excluding carboxylic acids is 3. The first-order valence-corrected chi connectivity index (χ1v) is 13.9. The predicted octanol–water partition coefficient (Wildman–Crippen LogP) is 5.97. The van der Waals surface area contributed by atoms with Gasteiger partial charge in [0, 0.05) is 12.1 Å². The summed E-state index contributed by atoms with van der Waals surface area (Å²) in [6.07, 6.45) is 5.33. The van der Waals surface area contributed by atoms with Gasteiger partial charge in [-0.1, -0.05) is 58.2 Å². The monoisotopic (exact) mass is 515 g/mol. The van der Waals surface area contributed by atoms with E-state index in [-0.39, 0.29) is 29.8 Å². The van der Waals surface area contributed by atoms with Crippen molar-refractivity contribution in [2.45, 2.75) is 131 Å². The first kappa shape index (κ1) is 30.7. The molecule has 0 bridgehead atoms. The van der Waals surface area contributed by atoms with Crippen molar-refractivity contribution in [3.05, 3.63) is 34.9 Å². The molecule has 7 heteroatoms. The Hall–Kier alpha value is -2.57. The zero-order valence-corrected chi connectivity index (χ0v) is 24.4. The van der Waals surface area contributed by atoms with Gasteiger partial charge in [0.1, 0.15) is 17.7 Å². The highest BCUT2D eigenvalue weighted by molar-refractivity contribution is 5.92. The van der Waals surface area contributed by atoms with Gasteiger partial charge < -0.3 is 20.3 Å². The molecule has 1 saturated carbocycles. The largest absolute Gasteiger partial charge is 0.444 e. The van der Waals surface area contributed by atoms with Gasteiger partial charge in [0.15, 0.2) is 0 Å². The molecule has 1 aromatic rings. The van der Waals surface area contributed by atoms with Crippen LogP contribution in [0, 0.1) is 19.8 Å². The lowest BCUT2D eigenvalue weighted by molar-refractivity contribution is -0.146. The Morgan fingerprint density at radius 2 is 1.65 bits per heavy atom. The van der Waals surface area contributed by atoms with Gasteiger partial charge in [0.2, 0.25) is 11.8 Å². The molecule has 208 valence electrons. The molecule has 2 N–H and O–H groups in total. The van der Waals surface area contributed by atoms with Crippen molar-refractivity contribution in [2.75, 3.05) is 0 Å². The summed E-state index contributed by atoms with van der Waals surface area (Å²) in [5.41, 5.74) is 2.29. The Bertz CT molecular complexity index is 931. The van der Waals surface area contributed by atoms with E-state index >= 15 is 0 Å². The molecule has 1 fully saturated rings.